The van der Waals surface area contributed by atoms with Crippen LogP contribution in [-0.4, -0.2) is 24.0 Å². The van der Waals surface area contributed by atoms with Gasteiger partial charge < -0.3 is 9.84 Å². The Morgan fingerprint density at radius 3 is 2.75 bits per heavy atom. The second-order valence-corrected chi connectivity index (χ2v) is 4.27. The van der Waals surface area contributed by atoms with Gasteiger partial charge in [-0.15, -0.1) is 0 Å². The molecule has 1 rings (SSSR count). The molecule has 0 saturated carbocycles. The van der Waals surface area contributed by atoms with E-state index in [1.165, 1.54) is 0 Å². The predicted octanol–water partition coefficient (Wildman–Crippen LogP) is 2.35. The van der Waals surface area contributed by atoms with Gasteiger partial charge in [-0.05, 0) is 31.4 Å². The average Bonchev–Trinajstić information content (AvgIpc) is 2.38. The van der Waals surface area contributed by atoms with E-state index in [0.717, 1.165) is 18.6 Å². The third-order valence-electron chi connectivity index (χ3n) is 2.57. The van der Waals surface area contributed by atoms with Crippen LogP contribution in [0.5, 0.6) is 0 Å². The third-order valence-corrected chi connectivity index (χ3v) is 2.57. The number of rotatable bonds is 7. The van der Waals surface area contributed by atoms with Crippen LogP contribution in [0, 0.1) is 11.6 Å². The van der Waals surface area contributed by atoms with Crippen molar-refractivity contribution in [1.82, 2.24) is 0 Å². The van der Waals surface area contributed by atoms with Crippen LogP contribution in [0.2, 0.25) is 0 Å². The number of unbranched alkanes of at least 4 members (excludes halogenated alkanes) is 2. The number of carbonyl (C=O) groups is 1. The summed E-state index contributed by atoms with van der Waals surface area (Å²) in [4.78, 5) is 11.4. The molecular formula is C13H18F2N2O3. The molecule has 20 heavy (non-hydrogen) atoms. The summed E-state index contributed by atoms with van der Waals surface area (Å²) >= 11 is 0. The van der Waals surface area contributed by atoms with E-state index in [2.05, 4.69) is 5.32 Å². The molecule has 1 aromatic carbocycles. The van der Waals surface area contributed by atoms with E-state index in [-0.39, 0.29) is 12.3 Å². The summed E-state index contributed by atoms with van der Waals surface area (Å²) in [6.07, 6.45) is 0.892. The maximum atomic E-state index is 13.3. The zero-order valence-corrected chi connectivity index (χ0v) is 10.9. The van der Waals surface area contributed by atoms with Gasteiger partial charge in [0.05, 0.1) is 5.69 Å². The summed E-state index contributed by atoms with van der Waals surface area (Å²) in [5.41, 5.74) is 5.40. The first-order valence-electron chi connectivity index (χ1n) is 6.32. The molecule has 0 bridgehead atoms. The molecule has 1 aromatic rings. The number of hydrogen-bond donors (Lipinski definition) is 3. The highest BCUT2D eigenvalue weighted by Crippen LogP contribution is 2.15. The van der Waals surface area contributed by atoms with Crippen molar-refractivity contribution in [3.8, 4) is 0 Å². The molecule has 7 heteroatoms. The lowest BCUT2D eigenvalue weighted by atomic mass is 10.2. The minimum Gasteiger partial charge on any atom is -0.430 e. The molecule has 1 atom stereocenters. The van der Waals surface area contributed by atoms with Gasteiger partial charge in [0.15, 0.2) is 6.23 Å². The zero-order valence-electron chi connectivity index (χ0n) is 10.9. The van der Waals surface area contributed by atoms with Gasteiger partial charge >= 0.3 is 6.09 Å². The Balaban J connectivity index is 2.35. The number of anilines is 1. The Hall–Kier alpha value is -1.73. The molecule has 0 spiro atoms. The average molecular weight is 288 g/mol. The lowest BCUT2D eigenvalue weighted by Crippen LogP contribution is -2.29. The summed E-state index contributed by atoms with van der Waals surface area (Å²) in [6.45, 7) is 0.112. The Morgan fingerprint density at radius 1 is 1.35 bits per heavy atom. The number of carbonyl (C=O) groups excluding carboxylic acids is 1. The van der Waals surface area contributed by atoms with Crippen LogP contribution < -0.4 is 11.1 Å². The van der Waals surface area contributed by atoms with Gasteiger partial charge in [0, 0.05) is 12.7 Å². The van der Waals surface area contributed by atoms with Gasteiger partial charge in [0.2, 0.25) is 0 Å². The summed E-state index contributed by atoms with van der Waals surface area (Å²) in [7, 11) is 0. The number of nitrogens with two attached hydrogens (primary N) is 1. The molecule has 0 aromatic heterocycles. The van der Waals surface area contributed by atoms with Gasteiger partial charge in [0.25, 0.3) is 0 Å². The van der Waals surface area contributed by atoms with Crippen molar-refractivity contribution >= 4 is 11.8 Å². The molecule has 0 aliphatic rings. The number of amides is 1. The molecule has 112 valence electrons. The lowest BCUT2D eigenvalue weighted by Gasteiger charge is -2.13. The van der Waals surface area contributed by atoms with Crippen LogP contribution in [0.3, 0.4) is 0 Å². The molecule has 1 amide bonds. The van der Waals surface area contributed by atoms with Crippen molar-refractivity contribution in [3.63, 3.8) is 0 Å². The van der Waals surface area contributed by atoms with Gasteiger partial charge in [-0.3, -0.25) is 11.1 Å². The molecule has 0 aliphatic carbocycles. The normalized spacial score (nSPS) is 12.0. The van der Waals surface area contributed by atoms with E-state index in [0.29, 0.717) is 25.3 Å². The smallest absolute Gasteiger partial charge is 0.413 e. The molecule has 4 N–H and O–H groups in total. The van der Waals surface area contributed by atoms with Crippen LogP contribution in [0.15, 0.2) is 18.2 Å². The standard InChI is InChI=1S/C13H18F2N2O3/c14-9-5-6-11(10(15)8-9)17-13(19)20-12(16)4-2-1-3-7-18/h5-6,8,12,18H,1-4,7,16H2,(H,17,19). The summed E-state index contributed by atoms with van der Waals surface area (Å²) < 4.78 is 30.8. The van der Waals surface area contributed by atoms with Crippen molar-refractivity contribution in [2.45, 2.75) is 31.9 Å². The fraction of sp³-hybridized carbons (Fsp3) is 0.462. The number of aliphatic hydroxyl groups excluding tert-OH is 1. The monoisotopic (exact) mass is 288 g/mol. The predicted molar refractivity (Wildman–Crippen MR) is 70.0 cm³/mol. The first-order valence-corrected chi connectivity index (χ1v) is 6.32. The second-order valence-electron chi connectivity index (χ2n) is 4.27. The molecule has 0 aliphatic heterocycles. The summed E-state index contributed by atoms with van der Waals surface area (Å²) in [5, 5.41) is 10.7. The Bertz CT molecular complexity index is 444. The highest BCUT2D eigenvalue weighted by atomic mass is 19.1. The number of aliphatic hydroxyl groups is 1. The first-order chi connectivity index (χ1) is 9.52. The maximum absolute atomic E-state index is 13.3. The fourth-order valence-electron chi connectivity index (χ4n) is 1.56. The number of benzene rings is 1. The first kappa shape index (κ1) is 16.3. The summed E-state index contributed by atoms with van der Waals surface area (Å²) in [5.74, 6) is -1.62. The van der Waals surface area contributed by atoms with E-state index in [1.807, 2.05) is 0 Å². The van der Waals surface area contributed by atoms with Crippen molar-refractivity contribution in [2.24, 2.45) is 5.73 Å². The SMILES string of the molecule is NC(CCCCCO)OC(=O)Nc1ccc(F)cc1F. The number of hydrogen-bond acceptors (Lipinski definition) is 4. The van der Waals surface area contributed by atoms with Crippen molar-refractivity contribution in [1.29, 1.82) is 0 Å². The zero-order chi connectivity index (χ0) is 15.0. The fourth-order valence-corrected chi connectivity index (χ4v) is 1.56. The molecule has 1 unspecified atom stereocenters. The second kappa shape index (κ2) is 8.44. The highest BCUT2D eigenvalue weighted by Gasteiger charge is 2.12. The quantitative estimate of drug-likeness (QED) is 0.531. The largest absolute Gasteiger partial charge is 0.430 e. The van der Waals surface area contributed by atoms with Crippen LogP contribution in [0.4, 0.5) is 19.3 Å². The molecule has 0 fully saturated rings. The van der Waals surface area contributed by atoms with Crippen LogP contribution in [0.25, 0.3) is 0 Å². The number of halogens is 2. The van der Waals surface area contributed by atoms with E-state index in [1.54, 1.807) is 0 Å². The Morgan fingerprint density at radius 2 is 2.10 bits per heavy atom. The number of nitrogens with one attached hydrogen (secondary N) is 1. The maximum Gasteiger partial charge on any atom is 0.413 e. The van der Waals surface area contributed by atoms with Gasteiger partial charge in [-0.1, -0.05) is 6.42 Å². The highest BCUT2D eigenvalue weighted by molar-refractivity contribution is 5.84. The molecule has 0 radical (unpaired) electrons. The topological polar surface area (TPSA) is 84.6 Å². The van der Waals surface area contributed by atoms with Crippen molar-refractivity contribution < 1.29 is 23.4 Å². The molecule has 5 nitrogen and oxygen atoms in total. The van der Waals surface area contributed by atoms with Gasteiger partial charge in [-0.25, -0.2) is 13.6 Å². The van der Waals surface area contributed by atoms with Crippen LogP contribution in [0.1, 0.15) is 25.7 Å². The number of ether oxygens (including phenoxy) is 1. The van der Waals surface area contributed by atoms with Crippen molar-refractivity contribution in [2.75, 3.05) is 11.9 Å². The molecular weight excluding hydrogens is 270 g/mol. The lowest BCUT2D eigenvalue weighted by molar-refractivity contribution is 0.107. The Labute approximate surface area is 115 Å². The molecule has 0 heterocycles. The van der Waals surface area contributed by atoms with E-state index in [4.69, 9.17) is 15.6 Å². The molecule has 0 saturated heterocycles. The van der Waals surface area contributed by atoms with Gasteiger partial charge in [-0.2, -0.15) is 0 Å². The van der Waals surface area contributed by atoms with Gasteiger partial charge in [0.1, 0.15) is 11.6 Å². The minimum atomic E-state index is -0.898. The van der Waals surface area contributed by atoms with Crippen molar-refractivity contribution in [3.05, 3.63) is 29.8 Å². The van der Waals surface area contributed by atoms with Crippen LogP contribution in [-0.2, 0) is 4.74 Å². The third kappa shape index (κ3) is 5.94. The van der Waals surface area contributed by atoms with E-state index < -0.39 is 24.0 Å². The van der Waals surface area contributed by atoms with E-state index in [9.17, 15) is 13.6 Å². The van der Waals surface area contributed by atoms with Crippen LogP contribution >= 0.6 is 0 Å². The Kier molecular flexibility index (Phi) is 6.89. The minimum absolute atomic E-state index is 0.112. The summed E-state index contributed by atoms with van der Waals surface area (Å²) in [6, 6.07) is 2.77. The van der Waals surface area contributed by atoms with E-state index >= 15 is 0 Å².